The Morgan fingerprint density at radius 3 is 2.32 bits per heavy atom. The van der Waals surface area contributed by atoms with Crippen molar-refractivity contribution in [1.29, 1.82) is 0 Å². The summed E-state index contributed by atoms with van der Waals surface area (Å²) in [5.74, 6) is -1.11. The van der Waals surface area contributed by atoms with Crippen molar-refractivity contribution in [3.63, 3.8) is 0 Å². The lowest BCUT2D eigenvalue weighted by atomic mass is 10.1. The van der Waals surface area contributed by atoms with E-state index in [-0.39, 0.29) is 4.90 Å². The molecule has 0 saturated heterocycles. The van der Waals surface area contributed by atoms with E-state index in [0.717, 1.165) is 31.3 Å². The number of sulfonamides is 1. The molecule has 1 aromatic carbocycles. The molecule has 0 bridgehead atoms. The number of carbonyl (C=O) groups is 1. The van der Waals surface area contributed by atoms with Crippen molar-refractivity contribution < 1.29 is 22.4 Å². The molecule has 0 atom stereocenters. The average molecular weight is 287 g/mol. The number of carbonyl (C=O) groups excluding carboxylic acids is 1. The van der Waals surface area contributed by atoms with Crippen molar-refractivity contribution in [2.24, 2.45) is 5.41 Å². The number of halogens is 1. The Hall–Kier alpha value is -1.47. The van der Waals surface area contributed by atoms with Gasteiger partial charge in [-0.25, -0.2) is 17.6 Å². The lowest BCUT2D eigenvalue weighted by Gasteiger charge is -2.18. The zero-order valence-corrected chi connectivity index (χ0v) is 11.4. The van der Waals surface area contributed by atoms with Gasteiger partial charge < -0.3 is 4.84 Å². The molecule has 0 amide bonds. The van der Waals surface area contributed by atoms with Crippen molar-refractivity contribution >= 4 is 16.0 Å². The molecule has 0 aliphatic heterocycles. The van der Waals surface area contributed by atoms with Gasteiger partial charge in [-0.15, -0.1) is 0 Å². The topological polar surface area (TPSA) is 63.7 Å². The summed E-state index contributed by atoms with van der Waals surface area (Å²) in [6.45, 7) is 1.72. The van der Waals surface area contributed by atoms with E-state index in [1.54, 1.807) is 6.92 Å². The van der Waals surface area contributed by atoms with Crippen molar-refractivity contribution in [1.82, 2.24) is 4.47 Å². The standard InChI is InChI=1S/C12H14FNO4S/c1-12(7-8-12)11(15)18-14(2)19(16,17)10-5-3-9(13)4-6-10/h3-6H,7-8H2,1-2H3. The summed E-state index contributed by atoms with van der Waals surface area (Å²) < 4.78 is 37.4. The second-order valence-electron chi connectivity index (χ2n) is 4.81. The molecule has 1 fully saturated rings. The van der Waals surface area contributed by atoms with E-state index in [4.69, 9.17) is 4.84 Å². The minimum atomic E-state index is -3.96. The summed E-state index contributed by atoms with van der Waals surface area (Å²) in [5.41, 5.74) is -0.577. The first-order chi connectivity index (χ1) is 8.75. The highest BCUT2D eigenvalue weighted by Crippen LogP contribution is 2.46. The van der Waals surface area contributed by atoms with Crippen molar-refractivity contribution in [3.8, 4) is 0 Å². The van der Waals surface area contributed by atoms with Gasteiger partial charge in [-0.2, -0.15) is 0 Å². The van der Waals surface area contributed by atoms with Crippen LogP contribution in [0, 0.1) is 11.2 Å². The number of hydrogen-bond acceptors (Lipinski definition) is 4. The molecule has 2 rings (SSSR count). The van der Waals surface area contributed by atoms with Crippen LogP contribution in [0.25, 0.3) is 0 Å². The zero-order valence-electron chi connectivity index (χ0n) is 10.6. The molecule has 19 heavy (non-hydrogen) atoms. The van der Waals surface area contributed by atoms with Crippen LogP contribution in [0.3, 0.4) is 0 Å². The maximum Gasteiger partial charge on any atom is 0.332 e. The van der Waals surface area contributed by atoms with Gasteiger partial charge in [0.2, 0.25) is 0 Å². The Kier molecular flexibility index (Phi) is 3.36. The summed E-state index contributed by atoms with van der Waals surface area (Å²) in [4.78, 5) is 16.4. The van der Waals surface area contributed by atoms with Gasteiger partial charge >= 0.3 is 5.97 Å². The molecule has 104 valence electrons. The van der Waals surface area contributed by atoms with Crippen LogP contribution in [0.4, 0.5) is 4.39 Å². The number of rotatable bonds is 4. The van der Waals surface area contributed by atoms with Gasteiger partial charge in [-0.05, 0) is 48.5 Å². The predicted octanol–water partition coefficient (Wildman–Crippen LogP) is 1.70. The van der Waals surface area contributed by atoms with Gasteiger partial charge in [0, 0.05) is 7.05 Å². The number of benzene rings is 1. The largest absolute Gasteiger partial charge is 0.352 e. The Morgan fingerprint density at radius 1 is 1.32 bits per heavy atom. The first kappa shape index (κ1) is 14.0. The Labute approximate surface area is 111 Å². The van der Waals surface area contributed by atoms with E-state index in [1.165, 1.54) is 0 Å². The van der Waals surface area contributed by atoms with Crippen molar-refractivity contribution in [3.05, 3.63) is 30.1 Å². The molecule has 1 saturated carbocycles. The monoisotopic (exact) mass is 287 g/mol. The zero-order chi connectivity index (χ0) is 14.3. The first-order valence-electron chi connectivity index (χ1n) is 5.73. The minimum absolute atomic E-state index is 0.134. The van der Waals surface area contributed by atoms with Gasteiger partial charge in [-0.1, -0.05) is 0 Å². The van der Waals surface area contributed by atoms with E-state index < -0.39 is 27.2 Å². The summed E-state index contributed by atoms with van der Waals surface area (Å²) in [7, 11) is -2.82. The Bertz CT molecular complexity index is 593. The van der Waals surface area contributed by atoms with Crippen molar-refractivity contribution in [2.75, 3.05) is 7.05 Å². The van der Waals surface area contributed by atoms with Crippen LogP contribution in [0.5, 0.6) is 0 Å². The summed E-state index contributed by atoms with van der Waals surface area (Å²) >= 11 is 0. The third-order valence-electron chi connectivity index (χ3n) is 3.15. The number of nitrogens with zero attached hydrogens (tertiary/aromatic N) is 1. The van der Waals surface area contributed by atoms with Crippen molar-refractivity contribution in [2.45, 2.75) is 24.7 Å². The first-order valence-corrected chi connectivity index (χ1v) is 7.17. The molecular formula is C12H14FNO4S. The molecule has 7 heteroatoms. The van der Waals surface area contributed by atoms with Gasteiger partial charge in [-0.3, -0.25) is 0 Å². The summed E-state index contributed by atoms with van der Waals surface area (Å²) in [5, 5.41) is 0. The SMILES string of the molecule is CN(OC(=O)C1(C)CC1)S(=O)(=O)c1ccc(F)cc1. The van der Waals surface area contributed by atoms with Crippen LogP contribution in [0.2, 0.25) is 0 Å². The van der Waals surface area contributed by atoms with Gasteiger partial charge in [0.05, 0.1) is 10.3 Å². The lowest BCUT2D eigenvalue weighted by molar-refractivity contribution is -0.172. The Balaban J connectivity index is 2.15. The van der Waals surface area contributed by atoms with E-state index in [0.29, 0.717) is 17.3 Å². The van der Waals surface area contributed by atoms with Crippen LogP contribution in [-0.4, -0.2) is 25.9 Å². The molecule has 0 radical (unpaired) electrons. The molecular weight excluding hydrogens is 273 g/mol. The fraction of sp³-hybridized carbons (Fsp3) is 0.417. The fourth-order valence-electron chi connectivity index (χ4n) is 1.42. The van der Waals surface area contributed by atoms with Gasteiger partial charge in [0.1, 0.15) is 5.82 Å². The van der Waals surface area contributed by atoms with Crippen LogP contribution >= 0.6 is 0 Å². The maximum absolute atomic E-state index is 12.8. The van der Waals surface area contributed by atoms with E-state index in [1.807, 2.05) is 0 Å². The van der Waals surface area contributed by atoms with E-state index in [2.05, 4.69) is 0 Å². The van der Waals surface area contributed by atoms with Crippen LogP contribution in [-0.2, 0) is 19.7 Å². The number of hydrogen-bond donors (Lipinski definition) is 0. The third-order valence-corrected chi connectivity index (χ3v) is 4.77. The molecule has 1 aliphatic carbocycles. The second kappa shape index (κ2) is 4.57. The highest BCUT2D eigenvalue weighted by Gasteiger charge is 2.48. The lowest BCUT2D eigenvalue weighted by Crippen LogP contribution is -2.32. The maximum atomic E-state index is 12.8. The van der Waals surface area contributed by atoms with Gasteiger partial charge in [0.25, 0.3) is 10.0 Å². The molecule has 0 heterocycles. The van der Waals surface area contributed by atoms with Crippen LogP contribution < -0.4 is 0 Å². The van der Waals surface area contributed by atoms with E-state index >= 15 is 0 Å². The van der Waals surface area contributed by atoms with Crippen LogP contribution in [0.1, 0.15) is 19.8 Å². The second-order valence-corrected chi connectivity index (χ2v) is 6.74. The van der Waals surface area contributed by atoms with Gasteiger partial charge in [0.15, 0.2) is 0 Å². The molecule has 1 aromatic rings. The highest BCUT2D eigenvalue weighted by atomic mass is 32.2. The Morgan fingerprint density at radius 2 is 1.84 bits per heavy atom. The molecule has 0 spiro atoms. The smallest absolute Gasteiger partial charge is 0.332 e. The minimum Gasteiger partial charge on any atom is -0.352 e. The van der Waals surface area contributed by atoms with E-state index in [9.17, 15) is 17.6 Å². The predicted molar refractivity (Wildman–Crippen MR) is 64.8 cm³/mol. The summed E-state index contributed by atoms with van der Waals surface area (Å²) in [6, 6.07) is 4.30. The molecule has 0 aromatic heterocycles. The quantitative estimate of drug-likeness (QED) is 0.791. The third kappa shape index (κ3) is 2.76. The molecule has 0 N–H and O–H groups in total. The molecule has 5 nitrogen and oxygen atoms in total. The summed E-state index contributed by atoms with van der Waals surface area (Å²) in [6.07, 6.45) is 1.38. The highest BCUT2D eigenvalue weighted by molar-refractivity contribution is 7.89. The van der Waals surface area contributed by atoms with Crippen LogP contribution in [0.15, 0.2) is 29.2 Å². The fourth-order valence-corrected chi connectivity index (χ4v) is 2.37. The molecule has 0 unspecified atom stereocenters. The normalized spacial score (nSPS) is 17.3. The average Bonchev–Trinajstić information content (AvgIpc) is 3.09. The molecule has 1 aliphatic rings. The number of hydroxylamine groups is 1.